The Hall–Kier alpha value is -1.98. The largest absolute Gasteiger partial charge is 0.354 e. The van der Waals surface area contributed by atoms with Crippen molar-refractivity contribution in [2.45, 2.75) is 57.5 Å². The second-order valence-electron chi connectivity index (χ2n) is 7.32. The highest BCUT2D eigenvalue weighted by atomic mass is 35.5. The molecule has 0 fully saturated rings. The Morgan fingerprint density at radius 3 is 2.50 bits per heavy atom. The molecule has 2 aromatic carbocycles. The molecule has 0 radical (unpaired) electrons. The third-order valence-electron chi connectivity index (χ3n) is 4.94. The van der Waals surface area contributed by atoms with Crippen molar-refractivity contribution >= 4 is 35.2 Å². The zero-order valence-electron chi connectivity index (χ0n) is 18.0. The average Bonchev–Trinajstić information content (AvgIpc) is 2.75. The summed E-state index contributed by atoms with van der Waals surface area (Å²) in [7, 11) is 0. The summed E-state index contributed by atoms with van der Waals surface area (Å²) < 4.78 is 0. The number of thioether (sulfide) groups is 1. The van der Waals surface area contributed by atoms with Crippen molar-refractivity contribution < 1.29 is 9.59 Å². The van der Waals surface area contributed by atoms with Crippen LogP contribution in [0.4, 0.5) is 0 Å². The molecule has 6 heteroatoms. The first-order valence-corrected chi connectivity index (χ1v) is 11.8. The van der Waals surface area contributed by atoms with Crippen LogP contribution in [0.2, 0.25) is 5.02 Å². The number of halogens is 1. The van der Waals surface area contributed by atoms with Gasteiger partial charge in [0.2, 0.25) is 11.8 Å². The van der Waals surface area contributed by atoms with Gasteiger partial charge < -0.3 is 10.2 Å². The number of rotatable bonds is 11. The van der Waals surface area contributed by atoms with Crippen LogP contribution in [0.15, 0.2) is 53.4 Å². The Morgan fingerprint density at radius 1 is 1.13 bits per heavy atom. The van der Waals surface area contributed by atoms with E-state index in [2.05, 4.69) is 5.32 Å². The Balaban J connectivity index is 1.98. The molecule has 2 amide bonds. The van der Waals surface area contributed by atoms with Crippen LogP contribution in [0.25, 0.3) is 0 Å². The molecular formula is C24H31ClN2O2S. The lowest BCUT2D eigenvalue weighted by Gasteiger charge is -2.29. The first-order chi connectivity index (χ1) is 14.4. The van der Waals surface area contributed by atoms with Crippen LogP contribution in [-0.2, 0) is 16.1 Å². The lowest BCUT2D eigenvalue weighted by molar-refractivity contribution is -0.140. The Labute approximate surface area is 189 Å². The molecule has 0 aliphatic carbocycles. The van der Waals surface area contributed by atoms with E-state index in [0.29, 0.717) is 19.5 Å². The molecule has 0 bridgehead atoms. The van der Waals surface area contributed by atoms with Gasteiger partial charge in [0.1, 0.15) is 6.04 Å². The van der Waals surface area contributed by atoms with Gasteiger partial charge in [0.25, 0.3) is 0 Å². The summed E-state index contributed by atoms with van der Waals surface area (Å²) in [5.74, 6) is 0.741. The molecule has 4 nitrogen and oxygen atoms in total. The van der Waals surface area contributed by atoms with Gasteiger partial charge in [-0.15, -0.1) is 11.8 Å². The van der Waals surface area contributed by atoms with Gasteiger partial charge in [0, 0.05) is 29.4 Å². The van der Waals surface area contributed by atoms with E-state index in [0.717, 1.165) is 39.6 Å². The quantitative estimate of drug-likeness (QED) is 0.368. The number of nitrogens with zero attached hydrogens (tertiary/aromatic N) is 1. The fourth-order valence-electron chi connectivity index (χ4n) is 3.04. The molecule has 0 aromatic heterocycles. The fourth-order valence-corrected chi connectivity index (χ4v) is 4.02. The second-order valence-corrected chi connectivity index (χ2v) is 8.93. The molecule has 162 valence electrons. The average molecular weight is 447 g/mol. The molecule has 2 aromatic rings. The van der Waals surface area contributed by atoms with E-state index in [4.69, 9.17) is 11.6 Å². The van der Waals surface area contributed by atoms with Gasteiger partial charge in [-0.3, -0.25) is 9.59 Å². The van der Waals surface area contributed by atoms with Crippen molar-refractivity contribution in [1.29, 1.82) is 0 Å². The monoisotopic (exact) mass is 446 g/mol. The van der Waals surface area contributed by atoms with E-state index in [9.17, 15) is 9.59 Å². The minimum atomic E-state index is -0.507. The van der Waals surface area contributed by atoms with E-state index < -0.39 is 6.04 Å². The number of carbonyl (C=O) groups excluding carboxylic acids is 2. The molecule has 0 unspecified atom stereocenters. The highest BCUT2D eigenvalue weighted by Gasteiger charge is 2.25. The highest BCUT2D eigenvalue weighted by molar-refractivity contribution is 7.99. The molecule has 0 heterocycles. The van der Waals surface area contributed by atoms with Crippen LogP contribution < -0.4 is 5.32 Å². The first-order valence-electron chi connectivity index (χ1n) is 10.4. The van der Waals surface area contributed by atoms with Crippen molar-refractivity contribution in [1.82, 2.24) is 10.2 Å². The number of nitrogens with one attached hydrogen (secondary N) is 1. The predicted octanol–water partition coefficient (Wildman–Crippen LogP) is 5.46. The van der Waals surface area contributed by atoms with E-state index in [-0.39, 0.29) is 11.8 Å². The molecule has 30 heavy (non-hydrogen) atoms. The third-order valence-corrected chi connectivity index (χ3v) is 6.29. The number of carbonyl (C=O) groups is 2. The third kappa shape index (κ3) is 7.69. The summed E-state index contributed by atoms with van der Waals surface area (Å²) >= 11 is 7.63. The van der Waals surface area contributed by atoms with Gasteiger partial charge in [-0.2, -0.15) is 0 Å². The molecule has 2 rings (SSSR count). The maximum Gasteiger partial charge on any atom is 0.242 e. The second kappa shape index (κ2) is 12.7. The van der Waals surface area contributed by atoms with E-state index in [1.54, 1.807) is 16.7 Å². The van der Waals surface area contributed by atoms with Crippen LogP contribution in [0.1, 0.15) is 44.2 Å². The number of hydrogen-bond donors (Lipinski definition) is 1. The summed E-state index contributed by atoms with van der Waals surface area (Å²) in [4.78, 5) is 28.4. The molecule has 0 aliphatic rings. The molecule has 1 atom stereocenters. The minimum Gasteiger partial charge on any atom is -0.354 e. The van der Waals surface area contributed by atoms with Crippen LogP contribution in [0, 0.1) is 6.92 Å². The summed E-state index contributed by atoms with van der Waals surface area (Å²) in [6.45, 7) is 6.91. The number of benzene rings is 2. The lowest BCUT2D eigenvalue weighted by Crippen LogP contribution is -2.47. The molecule has 0 saturated carbocycles. The zero-order valence-corrected chi connectivity index (χ0v) is 19.6. The van der Waals surface area contributed by atoms with Crippen molar-refractivity contribution in [3.63, 3.8) is 0 Å². The predicted molar refractivity (Wildman–Crippen MR) is 126 cm³/mol. The highest BCUT2D eigenvalue weighted by Crippen LogP contribution is 2.22. The normalized spacial score (nSPS) is 11.7. The van der Waals surface area contributed by atoms with Gasteiger partial charge in [-0.25, -0.2) is 0 Å². The molecular weight excluding hydrogens is 416 g/mol. The van der Waals surface area contributed by atoms with E-state index >= 15 is 0 Å². The summed E-state index contributed by atoms with van der Waals surface area (Å²) in [5.41, 5.74) is 2.19. The topological polar surface area (TPSA) is 49.4 Å². The molecule has 1 N–H and O–H groups in total. The molecule has 0 spiro atoms. The Bertz CT molecular complexity index is 826. The number of amides is 2. The zero-order chi connectivity index (χ0) is 21.9. The van der Waals surface area contributed by atoms with Gasteiger partial charge in [-0.05, 0) is 67.8 Å². The molecule has 0 aliphatic heterocycles. The fraction of sp³-hybridized carbons (Fsp3) is 0.417. The van der Waals surface area contributed by atoms with Crippen LogP contribution >= 0.6 is 23.4 Å². The summed E-state index contributed by atoms with van der Waals surface area (Å²) in [5, 5.41) is 3.63. The Kier molecular flexibility index (Phi) is 10.2. The minimum absolute atomic E-state index is 0.00843. The van der Waals surface area contributed by atoms with Gasteiger partial charge >= 0.3 is 0 Å². The maximum atomic E-state index is 13.1. The molecule has 0 saturated heterocycles. The van der Waals surface area contributed by atoms with Crippen molar-refractivity contribution in [3.05, 3.63) is 64.7 Å². The number of hydrogen-bond acceptors (Lipinski definition) is 3. The standard InChI is InChI=1S/C24H31ClN2O2S/c1-4-15-26-24(29)19(3)27(17-20-9-6-5-8-18(20)2)23(28)10-7-16-30-22-13-11-21(25)12-14-22/h5-6,8-9,11-14,19H,4,7,10,15-17H2,1-3H3,(H,26,29)/t19-/m0/s1. The van der Waals surface area contributed by atoms with Gasteiger partial charge in [0.05, 0.1) is 0 Å². The van der Waals surface area contributed by atoms with Crippen LogP contribution in [-0.4, -0.2) is 35.1 Å². The van der Waals surface area contributed by atoms with Crippen molar-refractivity contribution in [2.75, 3.05) is 12.3 Å². The van der Waals surface area contributed by atoms with Gasteiger partial charge in [0.15, 0.2) is 0 Å². The van der Waals surface area contributed by atoms with Crippen molar-refractivity contribution in [2.24, 2.45) is 0 Å². The summed E-state index contributed by atoms with van der Waals surface area (Å²) in [6.07, 6.45) is 2.03. The Morgan fingerprint density at radius 2 is 1.83 bits per heavy atom. The number of aryl methyl sites for hydroxylation is 1. The first kappa shape index (κ1) is 24.3. The van der Waals surface area contributed by atoms with Crippen molar-refractivity contribution in [3.8, 4) is 0 Å². The SMILES string of the molecule is CCCNC(=O)[C@H](C)N(Cc1ccccc1C)C(=O)CCCSc1ccc(Cl)cc1. The summed E-state index contributed by atoms with van der Waals surface area (Å²) in [6, 6.07) is 15.2. The van der Waals surface area contributed by atoms with Crippen LogP contribution in [0.5, 0.6) is 0 Å². The van der Waals surface area contributed by atoms with Gasteiger partial charge in [-0.1, -0.05) is 42.8 Å². The lowest BCUT2D eigenvalue weighted by atomic mass is 10.1. The maximum absolute atomic E-state index is 13.1. The van der Waals surface area contributed by atoms with E-state index in [1.807, 2.05) is 69.3 Å². The smallest absolute Gasteiger partial charge is 0.242 e. The van der Waals surface area contributed by atoms with E-state index in [1.165, 1.54) is 0 Å². The van der Waals surface area contributed by atoms with Crippen LogP contribution in [0.3, 0.4) is 0 Å².